The van der Waals surface area contributed by atoms with Crippen LogP contribution < -0.4 is 9.47 Å². The van der Waals surface area contributed by atoms with Gasteiger partial charge in [0.25, 0.3) is 0 Å². The Kier molecular flexibility index (Phi) is 6.95. The first-order valence-electron chi connectivity index (χ1n) is 10.3. The van der Waals surface area contributed by atoms with Gasteiger partial charge in [-0.25, -0.2) is 0 Å². The number of ether oxygens (including phenoxy) is 2. The van der Waals surface area contributed by atoms with E-state index in [-0.39, 0.29) is 5.78 Å². The molecule has 1 saturated carbocycles. The monoisotopic (exact) mass is 446 g/mol. The van der Waals surface area contributed by atoms with Crippen molar-refractivity contribution in [2.45, 2.75) is 44.2 Å². The molecular formula is C24H31O6P. The van der Waals surface area contributed by atoms with Crippen molar-refractivity contribution >= 4 is 13.4 Å². The highest BCUT2D eigenvalue weighted by atomic mass is 31.2. The minimum Gasteiger partial charge on any atom is -0.496 e. The van der Waals surface area contributed by atoms with Crippen molar-refractivity contribution in [3.63, 3.8) is 0 Å². The van der Waals surface area contributed by atoms with E-state index in [4.69, 9.17) is 18.5 Å². The second-order valence-electron chi connectivity index (χ2n) is 7.95. The van der Waals surface area contributed by atoms with Crippen LogP contribution in [0.3, 0.4) is 0 Å². The van der Waals surface area contributed by atoms with Gasteiger partial charge in [0.1, 0.15) is 16.7 Å². The molecule has 0 amide bonds. The molecule has 1 aliphatic carbocycles. The molecule has 0 aliphatic heterocycles. The fourth-order valence-electron chi connectivity index (χ4n) is 4.93. The molecular weight excluding hydrogens is 415 g/mol. The van der Waals surface area contributed by atoms with Crippen LogP contribution in [0.2, 0.25) is 0 Å². The van der Waals surface area contributed by atoms with Gasteiger partial charge in [0.2, 0.25) is 0 Å². The van der Waals surface area contributed by atoms with E-state index < -0.39 is 18.7 Å². The summed E-state index contributed by atoms with van der Waals surface area (Å²) in [4.78, 5) is 13.5. The largest absolute Gasteiger partial charge is 0.496 e. The number of Topliss-reactive ketones (excluding diaryl/α,β-unsaturated/α-hetero) is 1. The lowest BCUT2D eigenvalue weighted by molar-refractivity contribution is -0.120. The standard InChI is InChI=1S/C24H31O6P/c1-16-14-18(9-11-20(16)27-3)23(19-10-12-21(28-4)17(2)15-19)24(13-7-8-22(24)25)31(26,29-5)30-6/h9-12,14-15,23H,7-8,13H2,1-6H3/t24-/m1/s1. The maximum atomic E-state index is 14.0. The zero-order chi connectivity index (χ0) is 22.8. The van der Waals surface area contributed by atoms with Crippen molar-refractivity contribution in [2.75, 3.05) is 28.4 Å². The summed E-state index contributed by atoms with van der Waals surface area (Å²) < 4.78 is 35.8. The topological polar surface area (TPSA) is 71.1 Å². The van der Waals surface area contributed by atoms with Crippen LogP contribution in [0.25, 0.3) is 0 Å². The SMILES string of the molecule is COc1ccc(C(c2ccc(OC)c(C)c2)[C@@]2(P(=O)(OC)OC)CCCC2=O)cc1C. The fraction of sp³-hybridized carbons (Fsp3) is 0.458. The molecule has 0 bridgehead atoms. The Hall–Kier alpha value is -2.14. The first-order chi connectivity index (χ1) is 14.8. The van der Waals surface area contributed by atoms with E-state index >= 15 is 0 Å². The van der Waals surface area contributed by atoms with E-state index in [1.165, 1.54) is 14.2 Å². The van der Waals surface area contributed by atoms with E-state index in [0.717, 1.165) is 33.8 Å². The van der Waals surface area contributed by atoms with Gasteiger partial charge in [-0.05, 0) is 61.1 Å². The number of carbonyl (C=O) groups is 1. The van der Waals surface area contributed by atoms with Crippen molar-refractivity contribution in [2.24, 2.45) is 0 Å². The molecule has 6 nitrogen and oxygen atoms in total. The van der Waals surface area contributed by atoms with E-state index in [9.17, 15) is 9.36 Å². The molecule has 7 heteroatoms. The third-order valence-electron chi connectivity index (χ3n) is 6.40. The lowest BCUT2D eigenvalue weighted by Crippen LogP contribution is -2.42. The highest BCUT2D eigenvalue weighted by Crippen LogP contribution is 2.69. The molecule has 3 rings (SSSR count). The first kappa shape index (κ1) is 23.5. The van der Waals surface area contributed by atoms with Crippen LogP contribution in [-0.2, 0) is 18.4 Å². The summed E-state index contributed by atoms with van der Waals surface area (Å²) in [6.07, 6.45) is 1.40. The molecule has 0 spiro atoms. The van der Waals surface area contributed by atoms with Gasteiger partial charge in [-0.3, -0.25) is 9.36 Å². The molecule has 0 saturated heterocycles. The van der Waals surface area contributed by atoms with Crippen LogP contribution in [0.1, 0.15) is 47.4 Å². The minimum atomic E-state index is -3.78. The molecule has 0 unspecified atom stereocenters. The molecule has 168 valence electrons. The normalized spacial score (nSPS) is 19.1. The zero-order valence-corrected chi connectivity index (χ0v) is 20.0. The van der Waals surface area contributed by atoms with Crippen LogP contribution in [0.5, 0.6) is 11.5 Å². The maximum absolute atomic E-state index is 14.0. The van der Waals surface area contributed by atoms with E-state index in [1.54, 1.807) is 14.2 Å². The Labute approximate surface area is 184 Å². The average Bonchev–Trinajstić information content (AvgIpc) is 3.16. The first-order valence-corrected chi connectivity index (χ1v) is 11.9. The van der Waals surface area contributed by atoms with Gasteiger partial charge in [-0.2, -0.15) is 0 Å². The lowest BCUT2D eigenvalue weighted by atomic mass is 9.77. The van der Waals surface area contributed by atoms with E-state index in [0.29, 0.717) is 19.3 Å². The third kappa shape index (κ3) is 3.82. The summed E-state index contributed by atoms with van der Waals surface area (Å²) in [7, 11) is 2.17. The molecule has 1 fully saturated rings. The maximum Gasteiger partial charge on any atom is 0.344 e. The van der Waals surface area contributed by atoms with Crippen LogP contribution in [0.4, 0.5) is 0 Å². The Bertz CT molecular complexity index is 956. The molecule has 0 radical (unpaired) electrons. The van der Waals surface area contributed by atoms with Crippen molar-refractivity contribution in [3.8, 4) is 11.5 Å². The van der Waals surface area contributed by atoms with Crippen molar-refractivity contribution < 1.29 is 27.9 Å². The predicted octanol–water partition coefficient (Wildman–Crippen LogP) is 5.43. The summed E-state index contributed by atoms with van der Waals surface area (Å²) in [5.41, 5.74) is 3.60. The third-order valence-corrected chi connectivity index (χ3v) is 9.07. The number of carbonyl (C=O) groups excluding carboxylic acids is 1. The second-order valence-corrected chi connectivity index (χ2v) is 10.5. The molecule has 1 aliphatic rings. The molecule has 2 aromatic rings. The molecule has 31 heavy (non-hydrogen) atoms. The molecule has 1 atom stereocenters. The van der Waals surface area contributed by atoms with Crippen molar-refractivity contribution in [3.05, 3.63) is 58.7 Å². The van der Waals surface area contributed by atoms with E-state index in [1.807, 2.05) is 50.2 Å². The summed E-state index contributed by atoms with van der Waals surface area (Å²) in [6.45, 7) is 3.90. The van der Waals surface area contributed by atoms with E-state index in [2.05, 4.69) is 0 Å². The highest BCUT2D eigenvalue weighted by Gasteiger charge is 2.62. The van der Waals surface area contributed by atoms with Crippen LogP contribution in [-0.4, -0.2) is 39.4 Å². The number of benzene rings is 2. The Morgan fingerprint density at radius 1 is 0.871 bits per heavy atom. The average molecular weight is 446 g/mol. The molecule has 0 heterocycles. The van der Waals surface area contributed by atoms with Gasteiger partial charge < -0.3 is 18.5 Å². The Morgan fingerprint density at radius 3 is 1.68 bits per heavy atom. The number of hydrogen-bond donors (Lipinski definition) is 0. The summed E-state index contributed by atoms with van der Waals surface area (Å²) in [5, 5.41) is -1.31. The van der Waals surface area contributed by atoms with Crippen LogP contribution in [0, 0.1) is 13.8 Å². The van der Waals surface area contributed by atoms with Crippen molar-refractivity contribution in [1.82, 2.24) is 0 Å². The molecule has 0 N–H and O–H groups in total. The van der Waals surface area contributed by atoms with Crippen LogP contribution >= 0.6 is 7.60 Å². The summed E-state index contributed by atoms with van der Waals surface area (Å²) in [6, 6.07) is 11.6. The number of hydrogen-bond acceptors (Lipinski definition) is 6. The van der Waals surface area contributed by atoms with Crippen molar-refractivity contribution in [1.29, 1.82) is 0 Å². The zero-order valence-electron chi connectivity index (χ0n) is 19.1. The number of ketones is 1. The highest BCUT2D eigenvalue weighted by molar-refractivity contribution is 7.57. The fourth-order valence-corrected chi connectivity index (χ4v) is 7.20. The molecule has 0 aromatic heterocycles. The Balaban J connectivity index is 2.34. The lowest BCUT2D eigenvalue weighted by Gasteiger charge is -2.40. The second kappa shape index (κ2) is 9.15. The van der Waals surface area contributed by atoms with Gasteiger partial charge in [0.05, 0.1) is 14.2 Å². The number of aryl methyl sites for hydroxylation is 2. The van der Waals surface area contributed by atoms with Gasteiger partial charge in [-0.15, -0.1) is 0 Å². The van der Waals surface area contributed by atoms with Gasteiger partial charge in [0.15, 0.2) is 5.78 Å². The smallest absolute Gasteiger partial charge is 0.344 e. The van der Waals surface area contributed by atoms with Gasteiger partial charge in [0, 0.05) is 26.6 Å². The van der Waals surface area contributed by atoms with Gasteiger partial charge >= 0.3 is 7.60 Å². The summed E-state index contributed by atoms with van der Waals surface area (Å²) >= 11 is 0. The Morgan fingerprint density at radius 2 is 1.35 bits per heavy atom. The number of rotatable bonds is 8. The molecule has 2 aromatic carbocycles. The number of methoxy groups -OCH3 is 2. The van der Waals surface area contributed by atoms with Gasteiger partial charge in [-0.1, -0.05) is 24.3 Å². The van der Waals surface area contributed by atoms with Crippen LogP contribution in [0.15, 0.2) is 36.4 Å². The minimum absolute atomic E-state index is 0.0912. The quantitative estimate of drug-likeness (QED) is 0.504. The predicted molar refractivity (Wildman–Crippen MR) is 121 cm³/mol. The summed E-state index contributed by atoms with van der Waals surface area (Å²) in [5.74, 6) is 0.901.